The largest absolute Gasteiger partial charge is 0.397 e. The highest BCUT2D eigenvalue weighted by atomic mass is 35.5. The number of rotatable bonds is 3. The van der Waals surface area contributed by atoms with Gasteiger partial charge in [0, 0.05) is 9.75 Å². The molecule has 3 N–H and O–H groups in total. The van der Waals surface area contributed by atoms with Crippen molar-refractivity contribution >= 4 is 34.5 Å². The number of aryl methyl sites for hydroxylation is 1. The minimum atomic E-state index is -0.210. The molecule has 0 saturated heterocycles. The summed E-state index contributed by atoms with van der Waals surface area (Å²) in [6.07, 6.45) is 0. The van der Waals surface area contributed by atoms with E-state index in [4.69, 9.17) is 17.3 Å². The number of carbonyl (C=O) groups excluding carboxylic acids is 1. The molecule has 0 bridgehead atoms. The first-order chi connectivity index (χ1) is 8.99. The van der Waals surface area contributed by atoms with Crippen molar-refractivity contribution in [1.82, 2.24) is 5.32 Å². The zero-order valence-electron chi connectivity index (χ0n) is 10.7. The van der Waals surface area contributed by atoms with Crippen LogP contribution < -0.4 is 11.1 Å². The molecule has 1 aromatic carbocycles. The van der Waals surface area contributed by atoms with E-state index in [-0.39, 0.29) is 11.9 Å². The third-order valence-electron chi connectivity index (χ3n) is 2.83. The lowest BCUT2D eigenvalue weighted by Gasteiger charge is -2.13. The standard InChI is InChI=1S/C14H15ClN2OS/c1-8-6-7-12(19-8)9(2)17-14(18)10-4-3-5-11(15)13(10)16/h3-7,9H,16H2,1-2H3,(H,17,18). The zero-order chi connectivity index (χ0) is 14.0. The first-order valence-corrected chi connectivity index (χ1v) is 7.09. The Hall–Kier alpha value is -1.52. The van der Waals surface area contributed by atoms with Crippen molar-refractivity contribution in [3.05, 3.63) is 50.7 Å². The molecule has 19 heavy (non-hydrogen) atoms. The van der Waals surface area contributed by atoms with Gasteiger partial charge in [0.1, 0.15) is 0 Å². The van der Waals surface area contributed by atoms with Gasteiger partial charge in [-0.3, -0.25) is 4.79 Å². The molecule has 1 amide bonds. The van der Waals surface area contributed by atoms with Crippen molar-refractivity contribution in [1.29, 1.82) is 0 Å². The van der Waals surface area contributed by atoms with Gasteiger partial charge in [-0.25, -0.2) is 0 Å². The maximum absolute atomic E-state index is 12.2. The molecule has 100 valence electrons. The predicted molar refractivity (Wildman–Crippen MR) is 80.8 cm³/mol. The molecule has 0 aliphatic heterocycles. The molecule has 0 radical (unpaired) electrons. The summed E-state index contributed by atoms with van der Waals surface area (Å²) in [7, 11) is 0. The van der Waals surface area contributed by atoms with Gasteiger partial charge in [0.2, 0.25) is 0 Å². The van der Waals surface area contributed by atoms with Gasteiger partial charge in [0.25, 0.3) is 5.91 Å². The molecule has 2 rings (SSSR count). The van der Waals surface area contributed by atoms with Crippen molar-refractivity contribution in [2.45, 2.75) is 19.9 Å². The van der Waals surface area contributed by atoms with E-state index in [1.54, 1.807) is 29.5 Å². The molecule has 5 heteroatoms. The second kappa shape index (κ2) is 5.63. The Morgan fingerprint density at radius 2 is 2.11 bits per heavy atom. The summed E-state index contributed by atoms with van der Waals surface area (Å²) in [6.45, 7) is 3.99. The van der Waals surface area contributed by atoms with E-state index in [0.29, 0.717) is 16.3 Å². The Morgan fingerprint density at radius 1 is 1.37 bits per heavy atom. The third-order valence-corrected chi connectivity index (χ3v) is 4.35. The smallest absolute Gasteiger partial charge is 0.253 e. The molecular weight excluding hydrogens is 280 g/mol. The van der Waals surface area contributed by atoms with Gasteiger partial charge in [-0.15, -0.1) is 11.3 Å². The predicted octanol–water partition coefficient (Wildman–Crippen LogP) is 3.78. The molecule has 2 aromatic rings. The number of hydrogen-bond acceptors (Lipinski definition) is 3. The summed E-state index contributed by atoms with van der Waals surface area (Å²) in [5, 5.41) is 3.32. The summed E-state index contributed by atoms with van der Waals surface area (Å²) in [5.74, 6) is -0.210. The molecule has 0 aliphatic rings. The molecule has 0 saturated carbocycles. The number of nitrogens with one attached hydrogen (secondary N) is 1. The summed E-state index contributed by atoms with van der Waals surface area (Å²) in [5.41, 5.74) is 6.54. The van der Waals surface area contributed by atoms with E-state index < -0.39 is 0 Å². The normalized spacial score (nSPS) is 12.2. The minimum Gasteiger partial charge on any atom is -0.397 e. The van der Waals surface area contributed by atoms with E-state index in [1.807, 2.05) is 26.0 Å². The number of thiophene rings is 1. The van der Waals surface area contributed by atoms with Crippen LogP contribution in [0, 0.1) is 6.92 Å². The maximum Gasteiger partial charge on any atom is 0.253 e. The lowest BCUT2D eigenvalue weighted by Crippen LogP contribution is -2.26. The van der Waals surface area contributed by atoms with Crippen molar-refractivity contribution in [3.63, 3.8) is 0 Å². The second-order valence-corrected chi connectivity index (χ2v) is 6.07. The molecule has 1 atom stereocenters. The number of benzene rings is 1. The Morgan fingerprint density at radius 3 is 2.74 bits per heavy atom. The van der Waals surface area contributed by atoms with Gasteiger partial charge >= 0.3 is 0 Å². The zero-order valence-corrected chi connectivity index (χ0v) is 12.3. The Bertz CT molecular complexity index is 609. The molecule has 1 heterocycles. The quantitative estimate of drug-likeness (QED) is 0.846. The average molecular weight is 295 g/mol. The van der Waals surface area contributed by atoms with Gasteiger partial charge in [-0.05, 0) is 38.1 Å². The van der Waals surface area contributed by atoms with Crippen LogP contribution in [-0.2, 0) is 0 Å². The first-order valence-electron chi connectivity index (χ1n) is 5.90. The molecule has 0 spiro atoms. The SMILES string of the molecule is Cc1ccc(C(C)NC(=O)c2cccc(Cl)c2N)s1. The van der Waals surface area contributed by atoms with Crippen LogP contribution in [0.1, 0.15) is 33.1 Å². The highest BCUT2D eigenvalue weighted by molar-refractivity contribution is 7.12. The van der Waals surface area contributed by atoms with Gasteiger partial charge < -0.3 is 11.1 Å². The summed E-state index contributed by atoms with van der Waals surface area (Å²) >= 11 is 7.58. The van der Waals surface area contributed by atoms with Crippen molar-refractivity contribution < 1.29 is 4.79 Å². The summed E-state index contributed by atoms with van der Waals surface area (Å²) in [6, 6.07) is 9.06. The van der Waals surface area contributed by atoms with Crippen molar-refractivity contribution in [2.75, 3.05) is 5.73 Å². The summed E-state index contributed by atoms with van der Waals surface area (Å²) < 4.78 is 0. The second-order valence-electron chi connectivity index (χ2n) is 4.34. The third kappa shape index (κ3) is 3.08. The highest BCUT2D eigenvalue weighted by Gasteiger charge is 2.15. The number of halogens is 1. The molecular formula is C14H15ClN2OS. The topological polar surface area (TPSA) is 55.1 Å². The van der Waals surface area contributed by atoms with Crippen LogP contribution in [0.15, 0.2) is 30.3 Å². The lowest BCUT2D eigenvalue weighted by molar-refractivity contribution is 0.0941. The minimum absolute atomic E-state index is 0.0513. The molecule has 1 unspecified atom stereocenters. The molecule has 3 nitrogen and oxygen atoms in total. The van der Waals surface area contributed by atoms with E-state index >= 15 is 0 Å². The highest BCUT2D eigenvalue weighted by Crippen LogP contribution is 2.25. The molecule has 1 aromatic heterocycles. The van der Waals surface area contributed by atoms with Crippen LogP contribution >= 0.6 is 22.9 Å². The molecule has 0 aliphatic carbocycles. The maximum atomic E-state index is 12.2. The number of carbonyl (C=O) groups is 1. The first kappa shape index (κ1) is 13.9. The Kier molecular flexibility index (Phi) is 4.12. The van der Waals surface area contributed by atoms with Crippen molar-refractivity contribution in [3.8, 4) is 0 Å². The fourth-order valence-corrected chi connectivity index (χ4v) is 2.82. The number of nitrogens with two attached hydrogens (primary N) is 1. The van der Waals surface area contributed by atoms with E-state index in [9.17, 15) is 4.79 Å². The molecule has 0 fully saturated rings. The number of hydrogen-bond donors (Lipinski definition) is 2. The Balaban J connectivity index is 2.15. The van der Waals surface area contributed by atoms with Gasteiger partial charge in [-0.2, -0.15) is 0 Å². The van der Waals surface area contributed by atoms with Crippen LogP contribution in [0.2, 0.25) is 5.02 Å². The van der Waals surface area contributed by atoms with Gasteiger partial charge in [0.15, 0.2) is 0 Å². The van der Waals surface area contributed by atoms with Gasteiger partial charge in [0.05, 0.1) is 22.3 Å². The van der Waals surface area contributed by atoms with E-state index in [0.717, 1.165) is 4.88 Å². The van der Waals surface area contributed by atoms with Crippen LogP contribution in [0.3, 0.4) is 0 Å². The number of nitrogen functional groups attached to an aromatic ring is 1. The van der Waals surface area contributed by atoms with Crippen molar-refractivity contribution in [2.24, 2.45) is 0 Å². The van der Waals surface area contributed by atoms with Gasteiger partial charge in [-0.1, -0.05) is 17.7 Å². The number of anilines is 1. The van der Waals surface area contributed by atoms with E-state index in [2.05, 4.69) is 5.32 Å². The van der Waals surface area contributed by atoms with Crippen LogP contribution in [0.4, 0.5) is 5.69 Å². The average Bonchev–Trinajstić information content (AvgIpc) is 2.79. The van der Waals surface area contributed by atoms with Crippen LogP contribution in [-0.4, -0.2) is 5.91 Å². The number of para-hydroxylation sites is 1. The fraction of sp³-hybridized carbons (Fsp3) is 0.214. The monoisotopic (exact) mass is 294 g/mol. The van der Waals surface area contributed by atoms with Crippen LogP contribution in [0.25, 0.3) is 0 Å². The lowest BCUT2D eigenvalue weighted by atomic mass is 10.1. The number of amides is 1. The Labute approximate surface area is 121 Å². The fourth-order valence-electron chi connectivity index (χ4n) is 1.77. The van der Waals surface area contributed by atoms with Crippen LogP contribution in [0.5, 0.6) is 0 Å². The summed E-state index contributed by atoms with van der Waals surface area (Å²) in [4.78, 5) is 14.5. The van der Waals surface area contributed by atoms with E-state index in [1.165, 1.54) is 4.88 Å².